The molecule has 0 amide bonds. The van der Waals surface area contributed by atoms with Crippen molar-refractivity contribution in [2.45, 2.75) is 0 Å². The molecule has 0 spiro atoms. The summed E-state index contributed by atoms with van der Waals surface area (Å²) in [5.41, 5.74) is 1.38. The highest BCUT2D eigenvalue weighted by Crippen LogP contribution is 2.09. The summed E-state index contributed by atoms with van der Waals surface area (Å²) in [6.07, 6.45) is 0. The molecule has 0 radical (unpaired) electrons. The second kappa shape index (κ2) is 9.55. The number of benzene rings is 2. The minimum atomic E-state index is -0.552. The van der Waals surface area contributed by atoms with E-state index in [9.17, 15) is 19.2 Å². The van der Waals surface area contributed by atoms with Gasteiger partial charge in [0.05, 0.1) is 0 Å². The van der Waals surface area contributed by atoms with E-state index in [1.54, 1.807) is 0 Å². The van der Waals surface area contributed by atoms with Crippen molar-refractivity contribution in [1.29, 1.82) is 0 Å². The maximum absolute atomic E-state index is 10.6. The minimum absolute atomic E-state index is 0.346. The van der Waals surface area contributed by atoms with Gasteiger partial charge in [-0.25, -0.2) is 0 Å². The number of carbonyl (C=O) groups excluding carboxylic acids is 4. The molecule has 0 aliphatic heterocycles. The quantitative estimate of drug-likeness (QED) is 0.679. The summed E-state index contributed by atoms with van der Waals surface area (Å²) < 4.78 is 0. The summed E-state index contributed by atoms with van der Waals surface area (Å²) in [5, 5.41) is -2.21. The van der Waals surface area contributed by atoms with Crippen molar-refractivity contribution in [1.82, 2.24) is 0 Å². The van der Waals surface area contributed by atoms with Crippen LogP contribution in [0.4, 0.5) is 0 Å². The van der Waals surface area contributed by atoms with Crippen LogP contribution in [0.5, 0.6) is 0 Å². The zero-order valence-corrected chi connectivity index (χ0v) is 14.8. The number of halogens is 4. The maximum atomic E-state index is 10.6. The van der Waals surface area contributed by atoms with E-state index in [1.807, 2.05) is 0 Å². The van der Waals surface area contributed by atoms with Crippen LogP contribution in [0, 0.1) is 0 Å². The molecule has 124 valence electrons. The van der Waals surface area contributed by atoms with Gasteiger partial charge in [0.2, 0.25) is 0 Å². The third-order valence-corrected chi connectivity index (χ3v) is 3.55. The van der Waals surface area contributed by atoms with Gasteiger partial charge in [0.1, 0.15) is 0 Å². The SMILES string of the molecule is O=C(Cl)c1ccc(C(=O)Cl)cc1.O=C(Cl)c1ccc(C(=O)Cl)cc1. The first-order chi connectivity index (χ1) is 11.2. The van der Waals surface area contributed by atoms with Crippen molar-refractivity contribution >= 4 is 67.4 Å². The molecule has 4 nitrogen and oxygen atoms in total. The Hall–Kier alpha value is -1.72. The Morgan fingerprint density at radius 3 is 0.625 bits per heavy atom. The van der Waals surface area contributed by atoms with Crippen molar-refractivity contribution in [2.75, 3.05) is 0 Å². The standard InChI is InChI=1S/2C8H4Cl2O2/c2*9-7(11)5-1-2-6(4-3-5)8(10)12/h2*1-4H. The first-order valence-corrected chi connectivity index (χ1v) is 7.73. The zero-order chi connectivity index (χ0) is 18.3. The lowest BCUT2D eigenvalue weighted by Gasteiger charge is -1.94. The largest absolute Gasteiger partial charge is 0.276 e. The highest BCUT2D eigenvalue weighted by molar-refractivity contribution is 6.69. The van der Waals surface area contributed by atoms with Gasteiger partial charge >= 0.3 is 0 Å². The van der Waals surface area contributed by atoms with Gasteiger partial charge in [-0.15, -0.1) is 0 Å². The minimum Gasteiger partial charge on any atom is -0.276 e. The zero-order valence-electron chi connectivity index (χ0n) is 11.8. The van der Waals surface area contributed by atoms with E-state index in [4.69, 9.17) is 46.4 Å². The van der Waals surface area contributed by atoms with Gasteiger partial charge in [0, 0.05) is 22.3 Å². The highest BCUT2D eigenvalue weighted by atomic mass is 35.5. The summed E-state index contributed by atoms with van der Waals surface area (Å²) in [6, 6.07) is 11.6. The van der Waals surface area contributed by atoms with Crippen molar-refractivity contribution in [2.24, 2.45) is 0 Å². The molecule has 0 aliphatic carbocycles. The molecule has 0 saturated carbocycles. The lowest BCUT2D eigenvalue weighted by atomic mass is 10.2. The van der Waals surface area contributed by atoms with Crippen LogP contribution in [-0.2, 0) is 0 Å². The van der Waals surface area contributed by atoms with Crippen molar-refractivity contribution in [3.05, 3.63) is 70.8 Å². The Labute approximate surface area is 157 Å². The molecule has 0 aromatic heterocycles. The van der Waals surface area contributed by atoms with E-state index in [-0.39, 0.29) is 0 Å². The van der Waals surface area contributed by atoms with E-state index < -0.39 is 21.0 Å². The third kappa shape index (κ3) is 6.42. The summed E-state index contributed by atoms with van der Waals surface area (Å²) in [6.45, 7) is 0. The lowest BCUT2D eigenvalue weighted by Crippen LogP contribution is -1.92. The molecular weight excluding hydrogens is 398 g/mol. The fourth-order valence-electron chi connectivity index (χ4n) is 1.46. The second-order valence-electron chi connectivity index (χ2n) is 4.25. The highest BCUT2D eigenvalue weighted by Gasteiger charge is 2.04. The van der Waals surface area contributed by atoms with Gasteiger partial charge in [-0.1, -0.05) is 0 Å². The summed E-state index contributed by atoms with van der Waals surface area (Å²) in [5.74, 6) is 0. The first kappa shape index (κ1) is 20.3. The molecule has 0 unspecified atom stereocenters. The molecule has 0 atom stereocenters. The number of carbonyl (C=O) groups is 4. The van der Waals surface area contributed by atoms with Gasteiger partial charge in [-0.2, -0.15) is 0 Å². The smallest absolute Gasteiger partial charge is 0.252 e. The molecule has 2 aromatic carbocycles. The molecule has 8 heteroatoms. The summed E-state index contributed by atoms with van der Waals surface area (Å²) in [4.78, 5) is 42.3. The lowest BCUT2D eigenvalue weighted by molar-refractivity contribution is 0.107. The van der Waals surface area contributed by atoms with E-state index in [1.165, 1.54) is 48.5 Å². The van der Waals surface area contributed by atoms with Gasteiger partial charge in [0.25, 0.3) is 21.0 Å². The number of hydrogen-bond donors (Lipinski definition) is 0. The normalized spacial score (nSPS) is 9.50. The molecule has 2 rings (SSSR count). The fourth-order valence-corrected chi connectivity index (χ4v) is 1.97. The number of hydrogen-bond acceptors (Lipinski definition) is 4. The van der Waals surface area contributed by atoms with E-state index in [2.05, 4.69) is 0 Å². The van der Waals surface area contributed by atoms with E-state index >= 15 is 0 Å². The van der Waals surface area contributed by atoms with Crippen LogP contribution in [0.25, 0.3) is 0 Å². The van der Waals surface area contributed by atoms with E-state index in [0.29, 0.717) is 22.3 Å². The van der Waals surface area contributed by atoms with Crippen LogP contribution in [0.2, 0.25) is 0 Å². The van der Waals surface area contributed by atoms with Crippen LogP contribution in [0.1, 0.15) is 41.4 Å². The van der Waals surface area contributed by atoms with Gasteiger partial charge in [-0.3, -0.25) is 19.2 Å². The molecule has 0 N–H and O–H groups in total. The molecule has 0 aliphatic rings. The predicted molar refractivity (Wildman–Crippen MR) is 93.6 cm³/mol. The Bertz CT molecular complexity index is 634. The maximum Gasteiger partial charge on any atom is 0.252 e. The predicted octanol–water partition coefficient (Wildman–Crippen LogP) is 4.89. The van der Waals surface area contributed by atoms with Crippen LogP contribution in [-0.4, -0.2) is 21.0 Å². The van der Waals surface area contributed by atoms with Crippen LogP contribution >= 0.6 is 46.4 Å². The van der Waals surface area contributed by atoms with Crippen molar-refractivity contribution in [3.63, 3.8) is 0 Å². The molecule has 0 heterocycles. The summed E-state index contributed by atoms with van der Waals surface area (Å²) >= 11 is 20.7. The number of rotatable bonds is 4. The molecule has 0 fully saturated rings. The average Bonchev–Trinajstić information content (AvgIpc) is 2.55. The van der Waals surface area contributed by atoms with Gasteiger partial charge < -0.3 is 0 Å². The van der Waals surface area contributed by atoms with Crippen LogP contribution in [0.3, 0.4) is 0 Å². The second-order valence-corrected chi connectivity index (χ2v) is 5.62. The Morgan fingerprint density at radius 2 is 0.542 bits per heavy atom. The topological polar surface area (TPSA) is 68.3 Å². The molecular formula is C16H8Cl4O4. The van der Waals surface area contributed by atoms with E-state index in [0.717, 1.165) is 0 Å². The van der Waals surface area contributed by atoms with Gasteiger partial charge in [-0.05, 0) is 94.9 Å². The van der Waals surface area contributed by atoms with Crippen molar-refractivity contribution in [3.8, 4) is 0 Å². The van der Waals surface area contributed by atoms with Crippen LogP contribution < -0.4 is 0 Å². The monoisotopic (exact) mass is 404 g/mol. The van der Waals surface area contributed by atoms with Crippen molar-refractivity contribution < 1.29 is 19.2 Å². The molecule has 24 heavy (non-hydrogen) atoms. The third-order valence-electron chi connectivity index (χ3n) is 2.68. The Balaban J connectivity index is 0.000000240. The fraction of sp³-hybridized carbons (Fsp3) is 0. The molecule has 2 aromatic rings. The average molecular weight is 406 g/mol. The first-order valence-electron chi connectivity index (χ1n) is 6.22. The van der Waals surface area contributed by atoms with Crippen LogP contribution in [0.15, 0.2) is 48.5 Å². The Morgan fingerprint density at radius 1 is 0.417 bits per heavy atom. The molecule has 0 saturated heterocycles. The van der Waals surface area contributed by atoms with Gasteiger partial charge in [0.15, 0.2) is 0 Å². The summed E-state index contributed by atoms with van der Waals surface area (Å²) in [7, 11) is 0. The molecule has 0 bridgehead atoms. The Kier molecular flexibility index (Phi) is 8.08.